The topological polar surface area (TPSA) is 80.5 Å². The van der Waals surface area contributed by atoms with Crippen LogP contribution in [0.5, 0.6) is 0 Å². The Balaban J connectivity index is 1.90. The Morgan fingerprint density at radius 3 is 2.62 bits per heavy atom. The zero-order chi connectivity index (χ0) is 15.0. The fourth-order valence-corrected chi connectivity index (χ4v) is 6.53. The maximum absolute atomic E-state index is 12.8. The van der Waals surface area contributed by atoms with Gasteiger partial charge in [0.15, 0.2) is 0 Å². The first-order chi connectivity index (χ1) is 10.00. The molecule has 3 rings (SSSR count). The Labute approximate surface area is 128 Å². The van der Waals surface area contributed by atoms with Crippen molar-refractivity contribution in [3.8, 4) is 0 Å². The van der Waals surface area contributed by atoms with Crippen LogP contribution in [0.4, 0.5) is 5.00 Å². The fraction of sp³-hybridized carbons (Fsp3) is 0.692. The molecule has 21 heavy (non-hydrogen) atoms. The molecule has 1 aromatic heterocycles. The van der Waals surface area contributed by atoms with E-state index >= 15 is 0 Å². The standard InChI is InChI=1S/C13H18N2O4S2/c16-15(17)12-7-8-13(20-12)21(18,19)14-9-3-5-10-4-1-2-6-11(10)14/h7-8,10-11H,1-6,9H2/t10-,11-/m0/s1. The molecule has 0 spiro atoms. The van der Waals surface area contributed by atoms with E-state index in [1.165, 1.54) is 18.6 Å². The van der Waals surface area contributed by atoms with E-state index in [0.717, 1.165) is 43.4 Å². The second-order valence-electron chi connectivity index (χ2n) is 5.72. The van der Waals surface area contributed by atoms with E-state index in [4.69, 9.17) is 0 Å². The normalized spacial score (nSPS) is 27.2. The van der Waals surface area contributed by atoms with Crippen LogP contribution in [0.15, 0.2) is 16.3 Å². The molecule has 0 amide bonds. The van der Waals surface area contributed by atoms with E-state index in [2.05, 4.69) is 0 Å². The highest BCUT2D eigenvalue weighted by Crippen LogP contribution is 2.39. The van der Waals surface area contributed by atoms with E-state index in [1.54, 1.807) is 4.31 Å². The number of hydrogen-bond donors (Lipinski definition) is 0. The first-order valence-corrected chi connectivity index (χ1v) is 9.52. The van der Waals surface area contributed by atoms with Gasteiger partial charge < -0.3 is 0 Å². The first kappa shape index (κ1) is 14.9. The molecule has 2 atom stereocenters. The van der Waals surface area contributed by atoms with Gasteiger partial charge in [-0.05, 0) is 49.0 Å². The Morgan fingerprint density at radius 1 is 1.19 bits per heavy atom. The van der Waals surface area contributed by atoms with Crippen LogP contribution < -0.4 is 0 Å². The van der Waals surface area contributed by atoms with Crippen LogP contribution in [0, 0.1) is 16.0 Å². The van der Waals surface area contributed by atoms with Crippen LogP contribution in [0.25, 0.3) is 0 Å². The lowest BCUT2D eigenvalue weighted by Gasteiger charge is -2.42. The summed E-state index contributed by atoms with van der Waals surface area (Å²) in [5.41, 5.74) is 0. The number of nitrogens with zero attached hydrogens (tertiary/aromatic N) is 2. The van der Waals surface area contributed by atoms with Gasteiger partial charge in [-0.1, -0.05) is 12.8 Å². The Hall–Kier alpha value is -0.990. The maximum Gasteiger partial charge on any atom is 0.325 e. The molecular formula is C13H18N2O4S2. The molecule has 1 aliphatic carbocycles. The van der Waals surface area contributed by atoms with Gasteiger partial charge >= 0.3 is 5.00 Å². The molecule has 2 aliphatic rings. The lowest BCUT2D eigenvalue weighted by molar-refractivity contribution is -0.380. The molecule has 0 bridgehead atoms. The summed E-state index contributed by atoms with van der Waals surface area (Å²) in [6, 6.07) is 2.73. The second kappa shape index (κ2) is 5.66. The predicted molar refractivity (Wildman–Crippen MR) is 79.8 cm³/mol. The summed E-state index contributed by atoms with van der Waals surface area (Å²) in [6.45, 7) is 0.537. The zero-order valence-corrected chi connectivity index (χ0v) is 13.2. The van der Waals surface area contributed by atoms with Crippen molar-refractivity contribution in [2.75, 3.05) is 6.54 Å². The summed E-state index contributed by atoms with van der Waals surface area (Å²) in [5, 5.41) is 10.6. The second-order valence-corrected chi connectivity index (χ2v) is 8.90. The summed E-state index contributed by atoms with van der Waals surface area (Å²) < 4.78 is 27.3. The molecular weight excluding hydrogens is 312 g/mol. The summed E-state index contributed by atoms with van der Waals surface area (Å²) in [7, 11) is -3.60. The smallest absolute Gasteiger partial charge is 0.258 e. The van der Waals surface area contributed by atoms with Gasteiger partial charge in [-0.25, -0.2) is 8.42 Å². The lowest BCUT2D eigenvalue weighted by atomic mass is 9.79. The number of rotatable bonds is 3. The van der Waals surface area contributed by atoms with E-state index in [9.17, 15) is 18.5 Å². The van der Waals surface area contributed by atoms with Crippen molar-refractivity contribution in [3.63, 3.8) is 0 Å². The zero-order valence-electron chi connectivity index (χ0n) is 11.6. The van der Waals surface area contributed by atoms with E-state index < -0.39 is 14.9 Å². The summed E-state index contributed by atoms with van der Waals surface area (Å²) >= 11 is 0.752. The number of fused-ring (bicyclic) bond motifs is 1. The number of thiophene rings is 1. The summed E-state index contributed by atoms with van der Waals surface area (Å²) in [6.07, 6.45) is 6.24. The molecule has 6 nitrogen and oxygen atoms in total. The van der Waals surface area contributed by atoms with Crippen molar-refractivity contribution in [2.45, 2.75) is 48.8 Å². The van der Waals surface area contributed by atoms with Crippen LogP contribution in [0.2, 0.25) is 0 Å². The highest BCUT2D eigenvalue weighted by atomic mass is 32.2. The van der Waals surface area contributed by atoms with Gasteiger partial charge in [-0.2, -0.15) is 4.31 Å². The van der Waals surface area contributed by atoms with Gasteiger partial charge in [0.25, 0.3) is 10.0 Å². The highest BCUT2D eigenvalue weighted by Gasteiger charge is 2.40. The third-order valence-electron chi connectivity index (χ3n) is 4.50. The molecule has 1 saturated heterocycles. The van der Waals surface area contributed by atoms with E-state index in [1.807, 2.05) is 0 Å². The van der Waals surface area contributed by atoms with Gasteiger partial charge in [0.1, 0.15) is 4.21 Å². The number of sulfonamides is 1. The van der Waals surface area contributed by atoms with Crippen LogP contribution in [0.1, 0.15) is 38.5 Å². The quantitative estimate of drug-likeness (QED) is 0.630. The van der Waals surface area contributed by atoms with Gasteiger partial charge in [0.2, 0.25) is 0 Å². The molecule has 0 radical (unpaired) electrons. The summed E-state index contributed by atoms with van der Waals surface area (Å²) in [5.74, 6) is 0.456. The highest BCUT2D eigenvalue weighted by molar-refractivity contribution is 7.91. The minimum absolute atomic E-state index is 0.0821. The van der Waals surface area contributed by atoms with Crippen molar-refractivity contribution in [3.05, 3.63) is 22.2 Å². The van der Waals surface area contributed by atoms with Crippen molar-refractivity contribution < 1.29 is 13.3 Å². The molecule has 0 unspecified atom stereocenters. The van der Waals surface area contributed by atoms with Crippen molar-refractivity contribution >= 4 is 26.4 Å². The average Bonchev–Trinajstić information content (AvgIpc) is 2.97. The van der Waals surface area contributed by atoms with Gasteiger partial charge in [0, 0.05) is 18.7 Å². The third kappa shape index (κ3) is 2.72. The number of nitro groups is 1. The molecule has 8 heteroatoms. The predicted octanol–water partition coefficient (Wildman–Crippen LogP) is 3.00. The maximum atomic E-state index is 12.8. The SMILES string of the molecule is O=[N+]([O-])c1ccc(S(=O)(=O)N2CCC[C@@H]3CCCC[C@@H]32)s1. The molecule has 1 aromatic rings. The minimum Gasteiger partial charge on any atom is -0.258 e. The summed E-state index contributed by atoms with van der Waals surface area (Å²) in [4.78, 5) is 10.2. The van der Waals surface area contributed by atoms with Crippen LogP contribution >= 0.6 is 11.3 Å². The van der Waals surface area contributed by atoms with Crippen LogP contribution in [0.3, 0.4) is 0 Å². The molecule has 1 saturated carbocycles. The Morgan fingerprint density at radius 2 is 1.90 bits per heavy atom. The molecule has 116 valence electrons. The molecule has 0 aromatic carbocycles. The van der Waals surface area contributed by atoms with Crippen molar-refractivity contribution in [1.82, 2.24) is 4.31 Å². The van der Waals surface area contributed by atoms with Gasteiger partial charge in [0.05, 0.1) is 4.92 Å². The number of hydrogen-bond acceptors (Lipinski definition) is 5. The molecule has 2 heterocycles. The van der Waals surface area contributed by atoms with Crippen LogP contribution in [-0.2, 0) is 10.0 Å². The van der Waals surface area contributed by atoms with E-state index in [-0.39, 0.29) is 15.3 Å². The monoisotopic (exact) mass is 330 g/mol. The fourth-order valence-electron chi connectivity index (χ4n) is 3.54. The van der Waals surface area contributed by atoms with Crippen molar-refractivity contribution in [1.29, 1.82) is 0 Å². The van der Waals surface area contributed by atoms with Crippen LogP contribution in [-0.4, -0.2) is 30.2 Å². The molecule has 2 fully saturated rings. The largest absolute Gasteiger partial charge is 0.325 e. The van der Waals surface area contributed by atoms with Gasteiger partial charge in [-0.15, -0.1) is 0 Å². The average molecular weight is 330 g/mol. The van der Waals surface area contributed by atoms with Gasteiger partial charge in [-0.3, -0.25) is 10.1 Å². The molecule has 0 N–H and O–H groups in total. The molecule has 1 aliphatic heterocycles. The third-order valence-corrected chi connectivity index (χ3v) is 7.93. The van der Waals surface area contributed by atoms with E-state index in [0.29, 0.717) is 12.5 Å². The lowest BCUT2D eigenvalue weighted by Crippen LogP contribution is -2.49. The number of piperidine rings is 1. The first-order valence-electron chi connectivity index (χ1n) is 7.26. The Bertz CT molecular complexity index is 638. The van der Waals surface area contributed by atoms with Crippen molar-refractivity contribution in [2.24, 2.45) is 5.92 Å². The minimum atomic E-state index is -3.60. The Kier molecular flexibility index (Phi) is 4.02.